The van der Waals surface area contributed by atoms with Crippen molar-refractivity contribution < 1.29 is 22.0 Å². The van der Waals surface area contributed by atoms with Crippen molar-refractivity contribution in [1.29, 1.82) is 0 Å². The van der Waals surface area contributed by atoms with Gasteiger partial charge < -0.3 is 0 Å². The number of rotatable bonds is 1. The molecular weight excluding hydrogens is 332 g/mol. The lowest BCUT2D eigenvalue weighted by atomic mass is 10.1. The summed E-state index contributed by atoms with van der Waals surface area (Å²) >= 11 is 1.30. The Bertz CT molecular complexity index is 374. The Hall–Kier alpha value is -0.470. The molecule has 15 heavy (non-hydrogen) atoms. The Morgan fingerprint density at radius 1 is 1.33 bits per heavy atom. The zero-order valence-corrected chi connectivity index (χ0v) is 9.53. The zero-order chi connectivity index (χ0) is 11.8. The number of halogens is 6. The quantitative estimate of drug-likeness (QED) is 0.430. The minimum Gasteiger partial charge on any atom is -0.249 e. The maximum atomic E-state index is 12.5. The van der Waals surface area contributed by atoms with Crippen molar-refractivity contribution >= 4 is 22.6 Å². The van der Waals surface area contributed by atoms with Gasteiger partial charge in [-0.25, -0.2) is 13.8 Å². The van der Waals surface area contributed by atoms with Crippen LogP contribution in [0, 0.1) is 10.6 Å². The van der Waals surface area contributed by atoms with Gasteiger partial charge in [-0.3, -0.25) is 0 Å². The van der Waals surface area contributed by atoms with Gasteiger partial charge in [0.2, 0.25) is 0 Å². The summed E-state index contributed by atoms with van der Waals surface area (Å²) < 4.78 is 61.9. The Morgan fingerprint density at radius 3 is 2.20 bits per heavy atom. The van der Waals surface area contributed by atoms with Crippen molar-refractivity contribution in [1.82, 2.24) is 4.98 Å². The van der Waals surface area contributed by atoms with E-state index < -0.39 is 27.4 Å². The van der Waals surface area contributed by atoms with E-state index in [9.17, 15) is 22.0 Å². The van der Waals surface area contributed by atoms with E-state index in [1.54, 1.807) is 0 Å². The smallest absolute Gasteiger partial charge is 0.249 e. The summed E-state index contributed by atoms with van der Waals surface area (Å²) in [7, 11) is 0. The van der Waals surface area contributed by atoms with E-state index in [0.29, 0.717) is 0 Å². The van der Waals surface area contributed by atoms with E-state index in [1.165, 1.54) is 29.5 Å². The first kappa shape index (κ1) is 12.6. The normalized spacial score (nSPS) is 12.3. The van der Waals surface area contributed by atoms with Crippen LogP contribution in [0.3, 0.4) is 0 Å². The van der Waals surface area contributed by atoms with E-state index in [1.807, 2.05) is 0 Å². The van der Waals surface area contributed by atoms with Crippen LogP contribution in [0.4, 0.5) is 22.0 Å². The fourth-order valence-corrected chi connectivity index (χ4v) is 1.88. The number of hydrogen-bond acceptors (Lipinski definition) is 1. The van der Waals surface area contributed by atoms with Crippen LogP contribution < -0.4 is 0 Å². The van der Waals surface area contributed by atoms with Gasteiger partial charge in [0.05, 0.1) is 5.56 Å². The number of hydrogen-bond donors (Lipinski definition) is 0. The summed E-state index contributed by atoms with van der Waals surface area (Å²) in [4.78, 5) is 3.42. The maximum Gasteiger partial charge on any atom is 0.419 e. The number of alkyl halides is 5. The van der Waals surface area contributed by atoms with Gasteiger partial charge >= 0.3 is 6.18 Å². The highest BCUT2D eigenvalue weighted by Gasteiger charge is 2.39. The lowest BCUT2D eigenvalue weighted by molar-refractivity contribution is -0.140. The molecule has 1 nitrogen and oxygen atoms in total. The molecule has 7 heteroatoms. The molecule has 0 radical (unpaired) electrons. The van der Waals surface area contributed by atoms with Gasteiger partial charge in [-0.1, -0.05) is 0 Å². The van der Waals surface area contributed by atoms with Crippen molar-refractivity contribution in [2.75, 3.05) is 0 Å². The van der Waals surface area contributed by atoms with Crippen molar-refractivity contribution in [2.45, 2.75) is 19.5 Å². The van der Waals surface area contributed by atoms with E-state index in [2.05, 4.69) is 4.98 Å². The minimum atomic E-state index is -4.80. The Balaban J connectivity index is 3.53. The second-order valence-corrected chi connectivity index (χ2v) is 3.84. The summed E-state index contributed by atoms with van der Waals surface area (Å²) in [6, 6.07) is 0. The third-order valence-corrected chi connectivity index (χ3v) is 2.59. The standard InChI is InChI=1S/C8H5F5IN/c1-3-2-15-7(14)5(8(11,12)13)4(3)6(9)10/h2,6H,1H3. The first-order valence-electron chi connectivity index (χ1n) is 3.75. The average molecular weight is 337 g/mol. The van der Waals surface area contributed by atoms with Gasteiger partial charge in [0.1, 0.15) is 3.70 Å². The molecule has 0 saturated heterocycles. The molecule has 84 valence electrons. The molecule has 0 fully saturated rings. The Labute approximate surface area is 95.8 Å². The fourth-order valence-electron chi connectivity index (χ4n) is 1.15. The van der Waals surface area contributed by atoms with Crippen molar-refractivity contribution in [3.05, 3.63) is 26.6 Å². The zero-order valence-electron chi connectivity index (χ0n) is 7.37. The third kappa shape index (κ3) is 2.56. The number of pyridine rings is 1. The van der Waals surface area contributed by atoms with Gasteiger partial charge in [0, 0.05) is 11.8 Å². The highest BCUT2D eigenvalue weighted by molar-refractivity contribution is 14.1. The molecule has 0 spiro atoms. The van der Waals surface area contributed by atoms with Crippen LogP contribution in [0.25, 0.3) is 0 Å². The molecular formula is C8H5F5IN. The van der Waals surface area contributed by atoms with Crippen molar-refractivity contribution in [3.8, 4) is 0 Å². The molecule has 0 aromatic carbocycles. The van der Waals surface area contributed by atoms with Gasteiger partial charge in [-0.2, -0.15) is 13.2 Å². The van der Waals surface area contributed by atoms with E-state index in [0.717, 1.165) is 6.20 Å². The summed E-state index contributed by atoms with van der Waals surface area (Å²) in [6.45, 7) is 1.18. The molecule has 0 unspecified atom stereocenters. The number of nitrogens with zero attached hydrogens (tertiary/aromatic N) is 1. The Morgan fingerprint density at radius 2 is 1.87 bits per heavy atom. The minimum absolute atomic E-state index is 0.155. The molecule has 0 saturated carbocycles. The SMILES string of the molecule is Cc1cnc(I)c(C(F)(F)F)c1C(F)F. The van der Waals surface area contributed by atoms with Crippen molar-refractivity contribution in [2.24, 2.45) is 0 Å². The maximum absolute atomic E-state index is 12.5. The van der Waals surface area contributed by atoms with Crippen LogP contribution in [0.2, 0.25) is 0 Å². The van der Waals surface area contributed by atoms with Crippen LogP contribution in [0.1, 0.15) is 23.1 Å². The molecule has 1 heterocycles. The van der Waals surface area contributed by atoms with Crippen LogP contribution in [0.5, 0.6) is 0 Å². The molecule has 0 aliphatic heterocycles. The van der Waals surface area contributed by atoms with Gasteiger partial charge in [0.25, 0.3) is 6.43 Å². The molecule has 1 rings (SSSR count). The highest BCUT2D eigenvalue weighted by atomic mass is 127. The first-order chi connectivity index (χ1) is 6.75. The molecule has 0 aliphatic rings. The monoisotopic (exact) mass is 337 g/mol. The van der Waals surface area contributed by atoms with Crippen LogP contribution >= 0.6 is 22.6 Å². The van der Waals surface area contributed by atoms with Gasteiger partial charge in [-0.05, 0) is 35.1 Å². The largest absolute Gasteiger partial charge is 0.419 e. The topological polar surface area (TPSA) is 12.9 Å². The van der Waals surface area contributed by atoms with Crippen LogP contribution in [0.15, 0.2) is 6.20 Å². The van der Waals surface area contributed by atoms with E-state index >= 15 is 0 Å². The van der Waals surface area contributed by atoms with Crippen LogP contribution in [-0.4, -0.2) is 4.98 Å². The molecule has 0 aliphatic carbocycles. The number of aromatic nitrogens is 1. The van der Waals surface area contributed by atoms with Gasteiger partial charge in [0.15, 0.2) is 0 Å². The summed E-state index contributed by atoms with van der Waals surface area (Å²) in [5.74, 6) is 0. The number of aryl methyl sites for hydroxylation is 1. The Kier molecular flexibility index (Phi) is 3.51. The molecule has 1 aromatic rings. The lowest BCUT2D eigenvalue weighted by Crippen LogP contribution is -2.14. The first-order valence-corrected chi connectivity index (χ1v) is 4.83. The summed E-state index contributed by atoms with van der Waals surface area (Å²) in [5.41, 5.74) is -2.47. The predicted octanol–water partition coefficient (Wildman–Crippen LogP) is 3.95. The molecule has 0 N–H and O–H groups in total. The average Bonchev–Trinajstić information content (AvgIpc) is 2.05. The third-order valence-electron chi connectivity index (χ3n) is 1.77. The summed E-state index contributed by atoms with van der Waals surface area (Å²) in [5, 5.41) is 0. The van der Waals surface area contributed by atoms with Crippen molar-refractivity contribution in [3.63, 3.8) is 0 Å². The molecule has 0 bridgehead atoms. The molecule has 0 amide bonds. The second-order valence-electron chi connectivity index (χ2n) is 2.82. The summed E-state index contributed by atoms with van der Waals surface area (Å²) in [6.07, 6.45) is -6.95. The van der Waals surface area contributed by atoms with E-state index in [-0.39, 0.29) is 5.56 Å². The molecule has 1 aromatic heterocycles. The van der Waals surface area contributed by atoms with Crippen LogP contribution in [-0.2, 0) is 6.18 Å². The molecule has 0 atom stereocenters. The lowest BCUT2D eigenvalue weighted by Gasteiger charge is -2.15. The second kappa shape index (κ2) is 4.18. The van der Waals surface area contributed by atoms with E-state index in [4.69, 9.17) is 0 Å². The van der Waals surface area contributed by atoms with Gasteiger partial charge in [-0.15, -0.1) is 0 Å². The highest BCUT2D eigenvalue weighted by Crippen LogP contribution is 2.39. The predicted molar refractivity (Wildman–Crippen MR) is 51.6 cm³/mol. The fraction of sp³-hybridized carbons (Fsp3) is 0.375.